The van der Waals surface area contributed by atoms with Gasteiger partial charge in [-0.25, -0.2) is 4.79 Å². The van der Waals surface area contributed by atoms with Gasteiger partial charge in [0.25, 0.3) is 0 Å². The second-order valence-electron chi connectivity index (χ2n) is 4.61. The number of hydrogen-bond donors (Lipinski definition) is 1. The third kappa shape index (κ3) is 3.24. The Morgan fingerprint density at radius 1 is 1.53 bits per heavy atom. The van der Waals surface area contributed by atoms with E-state index in [1.807, 2.05) is 31.2 Å². The van der Waals surface area contributed by atoms with Crippen LogP contribution < -0.4 is 10.2 Å². The fraction of sp³-hybridized carbons (Fsp3) is 0.429. The van der Waals surface area contributed by atoms with Gasteiger partial charge >= 0.3 is 6.09 Å². The van der Waals surface area contributed by atoms with Crippen LogP contribution in [-0.2, 0) is 9.53 Å². The fourth-order valence-electron chi connectivity index (χ4n) is 1.99. The number of nitrogens with zero attached hydrogens (tertiary/aromatic N) is 1. The van der Waals surface area contributed by atoms with E-state index in [4.69, 9.17) is 4.74 Å². The van der Waals surface area contributed by atoms with Crippen LogP contribution in [0.4, 0.5) is 10.5 Å². The Bertz CT molecular complexity index is 487. The van der Waals surface area contributed by atoms with Crippen molar-refractivity contribution in [1.82, 2.24) is 5.32 Å². The third-order valence-corrected chi connectivity index (χ3v) is 3.04. The van der Waals surface area contributed by atoms with E-state index in [1.165, 1.54) is 0 Å². The zero-order chi connectivity index (χ0) is 13.8. The van der Waals surface area contributed by atoms with Crippen molar-refractivity contribution in [2.45, 2.75) is 26.4 Å². The average molecular weight is 262 g/mol. The molecule has 1 N–H and O–H groups in total. The lowest BCUT2D eigenvalue weighted by atomic mass is 10.2. The first-order chi connectivity index (χ1) is 9.10. The lowest BCUT2D eigenvalue weighted by Crippen LogP contribution is -2.34. The zero-order valence-corrected chi connectivity index (χ0v) is 11.2. The highest BCUT2D eigenvalue weighted by Crippen LogP contribution is 2.22. The molecule has 2 rings (SSSR count). The zero-order valence-electron chi connectivity index (χ0n) is 11.2. The highest BCUT2D eigenvalue weighted by atomic mass is 16.6. The molecule has 0 saturated carbocycles. The van der Waals surface area contributed by atoms with Gasteiger partial charge in [-0.2, -0.15) is 0 Å². The normalized spacial score (nSPS) is 18.3. The van der Waals surface area contributed by atoms with Gasteiger partial charge in [0, 0.05) is 12.1 Å². The molecule has 0 radical (unpaired) electrons. The Hall–Kier alpha value is -2.04. The molecule has 1 fully saturated rings. The van der Waals surface area contributed by atoms with Gasteiger partial charge in [0.1, 0.15) is 6.10 Å². The van der Waals surface area contributed by atoms with Crippen molar-refractivity contribution in [1.29, 1.82) is 0 Å². The van der Waals surface area contributed by atoms with Gasteiger partial charge in [0.05, 0.1) is 13.1 Å². The fourth-order valence-corrected chi connectivity index (χ4v) is 1.99. The van der Waals surface area contributed by atoms with E-state index in [0.29, 0.717) is 19.5 Å². The van der Waals surface area contributed by atoms with Gasteiger partial charge in [-0.15, -0.1) is 0 Å². The van der Waals surface area contributed by atoms with Crippen LogP contribution in [0, 0.1) is 6.92 Å². The Morgan fingerprint density at radius 2 is 2.32 bits per heavy atom. The van der Waals surface area contributed by atoms with E-state index >= 15 is 0 Å². The lowest BCUT2D eigenvalue weighted by Gasteiger charge is -2.13. The molecule has 0 aliphatic carbocycles. The molecule has 1 saturated heterocycles. The molecule has 19 heavy (non-hydrogen) atoms. The van der Waals surface area contributed by atoms with Crippen molar-refractivity contribution in [3.05, 3.63) is 29.8 Å². The minimum absolute atomic E-state index is 0.0370. The van der Waals surface area contributed by atoms with Crippen LogP contribution in [0.2, 0.25) is 0 Å². The first kappa shape index (κ1) is 13.4. The number of hydrogen-bond acceptors (Lipinski definition) is 3. The van der Waals surface area contributed by atoms with Gasteiger partial charge < -0.3 is 10.1 Å². The Morgan fingerprint density at radius 3 is 3.00 bits per heavy atom. The molecule has 0 aromatic heterocycles. The molecular formula is C14H18N2O3. The summed E-state index contributed by atoms with van der Waals surface area (Å²) in [6, 6.07) is 7.70. The SMILES string of the molecule is CCC(=O)NCC1CN(c2cccc(C)c2)C(=O)O1. The Labute approximate surface area is 112 Å². The van der Waals surface area contributed by atoms with Crippen molar-refractivity contribution in [2.75, 3.05) is 18.0 Å². The molecule has 1 unspecified atom stereocenters. The number of amides is 2. The van der Waals surface area contributed by atoms with E-state index in [-0.39, 0.29) is 18.1 Å². The number of nitrogens with one attached hydrogen (secondary N) is 1. The Kier molecular flexibility index (Phi) is 4.04. The van der Waals surface area contributed by atoms with Crippen LogP contribution in [-0.4, -0.2) is 31.2 Å². The summed E-state index contributed by atoms with van der Waals surface area (Å²) in [4.78, 5) is 24.6. The number of cyclic esters (lactones) is 1. The highest BCUT2D eigenvalue weighted by Gasteiger charge is 2.32. The highest BCUT2D eigenvalue weighted by molar-refractivity contribution is 5.89. The summed E-state index contributed by atoms with van der Waals surface area (Å²) < 4.78 is 5.24. The summed E-state index contributed by atoms with van der Waals surface area (Å²) >= 11 is 0. The molecule has 102 valence electrons. The van der Waals surface area contributed by atoms with Gasteiger partial charge in [-0.1, -0.05) is 19.1 Å². The number of carbonyl (C=O) groups excluding carboxylic acids is 2. The summed E-state index contributed by atoms with van der Waals surface area (Å²) in [6.45, 7) is 4.59. The lowest BCUT2D eigenvalue weighted by molar-refractivity contribution is -0.121. The molecule has 1 aromatic rings. The van der Waals surface area contributed by atoms with E-state index in [9.17, 15) is 9.59 Å². The van der Waals surface area contributed by atoms with Crippen LogP contribution >= 0.6 is 0 Å². The third-order valence-electron chi connectivity index (χ3n) is 3.04. The quantitative estimate of drug-likeness (QED) is 0.900. The first-order valence-electron chi connectivity index (χ1n) is 6.41. The topological polar surface area (TPSA) is 58.6 Å². The van der Waals surface area contributed by atoms with Gasteiger partial charge in [-0.3, -0.25) is 9.69 Å². The van der Waals surface area contributed by atoms with E-state index < -0.39 is 0 Å². The minimum Gasteiger partial charge on any atom is -0.442 e. The molecule has 5 heteroatoms. The van der Waals surface area contributed by atoms with Crippen LogP contribution in [0.5, 0.6) is 0 Å². The maximum atomic E-state index is 11.8. The minimum atomic E-state index is -0.360. The molecule has 2 amide bonds. The first-order valence-corrected chi connectivity index (χ1v) is 6.41. The number of carbonyl (C=O) groups is 2. The molecule has 1 heterocycles. The Balaban J connectivity index is 1.98. The monoisotopic (exact) mass is 262 g/mol. The summed E-state index contributed by atoms with van der Waals surface area (Å²) in [6.07, 6.45) is -0.215. The van der Waals surface area contributed by atoms with E-state index in [1.54, 1.807) is 11.8 Å². The molecule has 5 nitrogen and oxygen atoms in total. The van der Waals surface area contributed by atoms with Crippen LogP contribution in [0.25, 0.3) is 0 Å². The maximum absolute atomic E-state index is 11.8. The standard InChI is InChI=1S/C14H18N2O3/c1-3-13(17)15-8-12-9-16(14(18)19-12)11-6-4-5-10(2)7-11/h4-7,12H,3,8-9H2,1-2H3,(H,15,17). The summed E-state index contributed by atoms with van der Waals surface area (Å²) in [5, 5.41) is 2.74. The molecule has 1 atom stereocenters. The second-order valence-corrected chi connectivity index (χ2v) is 4.61. The molecule has 1 aromatic carbocycles. The smallest absolute Gasteiger partial charge is 0.414 e. The molecular weight excluding hydrogens is 244 g/mol. The van der Waals surface area contributed by atoms with Crippen LogP contribution in [0.3, 0.4) is 0 Å². The maximum Gasteiger partial charge on any atom is 0.414 e. The number of anilines is 1. The van der Waals surface area contributed by atoms with Crippen molar-refractivity contribution < 1.29 is 14.3 Å². The summed E-state index contributed by atoms with van der Waals surface area (Å²) in [7, 11) is 0. The summed E-state index contributed by atoms with van der Waals surface area (Å²) in [5.41, 5.74) is 1.92. The molecule has 0 bridgehead atoms. The summed E-state index contributed by atoms with van der Waals surface area (Å²) in [5.74, 6) is -0.0370. The molecule has 1 aliphatic rings. The van der Waals surface area contributed by atoms with Gasteiger partial charge in [0.15, 0.2) is 0 Å². The number of aryl methyl sites for hydroxylation is 1. The molecule has 1 aliphatic heterocycles. The van der Waals surface area contributed by atoms with Crippen molar-refractivity contribution in [2.24, 2.45) is 0 Å². The average Bonchev–Trinajstić information content (AvgIpc) is 2.77. The number of benzene rings is 1. The van der Waals surface area contributed by atoms with E-state index in [2.05, 4.69) is 5.32 Å². The van der Waals surface area contributed by atoms with Crippen LogP contribution in [0.15, 0.2) is 24.3 Å². The predicted octanol–water partition coefficient (Wildman–Crippen LogP) is 1.85. The molecule has 0 spiro atoms. The number of ether oxygens (including phenoxy) is 1. The second kappa shape index (κ2) is 5.73. The largest absolute Gasteiger partial charge is 0.442 e. The van der Waals surface area contributed by atoms with Crippen molar-refractivity contribution >= 4 is 17.7 Å². The predicted molar refractivity (Wildman–Crippen MR) is 72.1 cm³/mol. The van der Waals surface area contributed by atoms with Crippen LogP contribution in [0.1, 0.15) is 18.9 Å². The number of rotatable bonds is 4. The van der Waals surface area contributed by atoms with Gasteiger partial charge in [-0.05, 0) is 24.6 Å². The van der Waals surface area contributed by atoms with Crippen molar-refractivity contribution in [3.8, 4) is 0 Å². The van der Waals surface area contributed by atoms with Crippen molar-refractivity contribution in [3.63, 3.8) is 0 Å². The van der Waals surface area contributed by atoms with E-state index in [0.717, 1.165) is 11.3 Å². The van der Waals surface area contributed by atoms with Gasteiger partial charge in [0.2, 0.25) is 5.91 Å².